The largest absolute Gasteiger partial charge is 0.465 e. The molecule has 0 fully saturated rings. The maximum Gasteiger partial charge on any atom is 0.337 e. The fourth-order valence-corrected chi connectivity index (χ4v) is 4.56. The first-order valence-electron chi connectivity index (χ1n) is 9.33. The van der Waals surface area contributed by atoms with E-state index in [0.29, 0.717) is 23.1 Å². The van der Waals surface area contributed by atoms with Crippen LogP contribution in [-0.2, 0) is 21.2 Å². The number of hydrogen-bond donors (Lipinski definition) is 1. The topological polar surface area (TPSA) is 96.3 Å². The smallest absolute Gasteiger partial charge is 0.337 e. The molecule has 0 saturated carbocycles. The van der Waals surface area contributed by atoms with Gasteiger partial charge in [0.2, 0.25) is 0 Å². The summed E-state index contributed by atoms with van der Waals surface area (Å²) in [5.41, 5.74) is 1.80. The predicted octanol–water partition coefficient (Wildman–Crippen LogP) is 4.51. The van der Waals surface area contributed by atoms with Gasteiger partial charge >= 0.3 is 5.97 Å². The van der Waals surface area contributed by atoms with Gasteiger partial charge in [-0.1, -0.05) is 31.2 Å². The van der Waals surface area contributed by atoms with E-state index in [1.807, 2.05) is 6.07 Å². The highest BCUT2D eigenvalue weighted by atomic mass is 32.2. The van der Waals surface area contributed by atoms with Crippen LogP contribution in [0.4, 0.5) is 10.1 Å². The van der Waals surface area contributed by atoms with Crippen molar-refractivity contribution in [2.75, 3.05) is 11.8 Å². The summed E-state index contributed by atoms with van der Waals surface area (Å²) < 4.78 is 47.5. The lowest BCUT2D eigenvalue weighted by atomic mass is 10.0. The lowest BCUT2D eigenvalue weighted by Crippen LogP contribution is -2.17. The highest BCUT2D eigenvalue weighted by molar-refractivity contribution is 7.92. The van der Waals surface area contributed by atoms with Crippen LogP contribution in [0.1, 0.15) is 28.4 Å². The van der Waals surface area contributed by atoms with Gasteiger partial charge in [-0.25, -0.2) is 17.6 Å². The number of ether oxygens (including phenoxy) is 1. The van der Waals surface area contributed by atoms with Gasteiger partial charge in [0, 0.05) is 5.56 Å². The van der Waals surface area contributed by atoms with Crippen LogP contribution in [0.5, 0.6) is 0 Å². The van der Waals surface area contributed by atoms with Gasteiger partial charge in [0.25, 0.3) is 10.0 Å². The summed E-state index contributed by atoms with van der Waals surface area (Å²) >= 11 is 0. The van der Waals surface area contributed by atoms with Crippen molar-refractivity contribution in [3.63, 3.8) is 0 Å². The monoisotopic (exact) mass is 438 g/mol. The number of sulfonamides is 1. The lowest BCUT2D eigenvalue weighted by molar-refractivity contribution is 0.0600. The molecule has 6 nitrogen and oxygen atoms in total. The first kappa shape index (κ1) is 22.0. The third kappa shape index (κ3) is 4.73. The van der Waals surface area contributed by atoms with E-state index in [4.69, 9.17) is 0 Å². The summed E-state index contributed by atoms with van der Waals surface area (Å²) in [6.45, 7) is 1.79. The Morgan fingerprint density at radius 3 is 2.55 bits per heavy atom. The molecule has 0 radical (unpaired) electrons. The van der Waals surface area contributed by atoms with Gasteiger partial charge in [0.15, 0.2) is 0 Å². The maximum atomic E-state index is 13.8. The Kier molecular flexibility index (Phi) is 6.37. The molecule has 0 aliphatic rings. The molecule has 158 valence electrons. The number of benzene rings is 3. The number of hydrogen-bond acceptors (Lipinski definition) is 5. The third-order valence-electron chi connectivity index (χ3n) is 4.69. The Morgan fingerprint density at radius 2 is 1.90 bits per heavy atom. The minimum Gasteiger partial charge on any atom is -0.465 e. The second-order valence-corrected chi connectivity index (χ2v) is 8.31. The van der Waals surface area contributed by atoms with Gasteiger partial charge in [-0.2, -0.15) is 5.26 Å². The predicted molar refractivity (Wildman–Crippen MR) is 115 cm³/mol. The number of esters is 1. The molecule has 0 atom stereocenters. The number of methoxy groups -OCH3 is 1. The van der Waals surface area contributed by atoms with Crippen molar-refractivity contribution in [3.05, 3.63) is 83.2 Å². The van der Waals surface area contributed by atoms with E-state index in [-0.39, 0.29) is 21.7 Å². The number of nitriles is 1. The van der Waals surface area contributed by atoms with Crippen LogP contribution in [0.25, 0.3) is 11.1 Å². The Hall–Kier alpha value is -3.70. The van der Waals surface area contributed by atoms with Crippen LogP contribution in [0.15, 0.2) is 65.6 Å². The number of carbonyl (C=O) groups is 1. The van der Waals surface area contributed by atoms with Crippen LogP contribution in [0.3, 0.4) is 0 Å². The second-order valence-electron chi connectivity index (χ2n) is 6.66. The maximum absolute atomic E-state index is 13.8. The average molecular weight is 438 g/mol. The number of aryl methyl sites for hydroxylation is 1. The normalized spacial score (nSPS) is 10.9. The number of anilines is 1. The number of halogens is 1. The second kappa shape index (κ2) is 8.98. The van der Waals surface area contributed by atoms with E-state index >= 15 is 0 Å². The quantitative estimate of drug-likeness (QED) is 0.571. The van der Waals surface area contributed by atoms with E-state index in [1.54, 1.807) is 25.1 Å². The molecule has 0 heterocycles. The summed E-state index contributed by atoms with van der Waals surface area (Å²) in [5, 5.41) is 9.25. The molecular formula is C23H19FN2O4S. The number of carbonyl (C=O) groups excluding carboxylic acids is 1. The Bertz CT molecular complexity index is 1300. The lowest BCUT2D eigenvalue weighted by Gasteiger charge is -2.16. The average Bonchev–Trinajstić information content (AvgIpc) is 2.77. The van der Waals surface area contributed by atoms with E-state index in [1.165, 1.54) is 49.6 Å². The number of nitrogens with zero attached hydrogens (tertiary/aromatic N) is 1. The Morgan fingerprint density at radius 1 is 1.13 bits per heavy atom. The minimum atomic E-state index is -4.15. The van der Waals surface area contributed by atoms with Gasteiger partial charge < -0.3 is 4.74 Å². The standard InChI is InChI=1S/C23H19FN2O4S/c1-3-16-8-9-18(23(27)30-2)13-22(16)31(28,29)26-21-11-15(14-25)7-10-20(21)17-5-4-6-19(24)12-17/h4-13,26H,3H2,1-2H3. The van der Waals surface area contributed by atoms with Gasteiger partial charge in [0.1, 0.15) is 5.82 Å². The summed E-state index contributed by atoms with van der Waals surface area (Å²) in [6, 6.07) is 16.4. The zero-order valence-corrected chi connectivity index (χ0v) is 17.7. The van der Waals surface area contributed by atoms with Crippen molar-refractivity contribution in [3.8, 4) is 17.2 Å². The number of nitrogens with one attached hydrogen (secondary N) is 1. The first-order valence-corrected chi connectivity index (χ1v) is 10.8. The van der Waals surface area contributed by atoms with Crippen molar-refractivity contribution < 1.29 is 22.3 Å². The molecule has 3 rings (SSSR count). The third-order valence-corrected chi connectivity index (χ3v) is 6.13. The summed E-state index contributed by atoms with van der Waals surface area (Å²) in [6.07, 6.45) is 0.409. The minimum absolute atomic E-state index is 0.0783. The molecule has 3 aromatic carbocycles. The Labute approximate surface area is 180 Å². The van der Waals surface area contributed by atoms with E-state index < -0.39 is 21.8 Å². The van der Waals surface area contributed by atoms with Gasteiger partial charge in [-0.05, 0) is 53.9 Å². The van der Waals surface area contributed by atoms with Crippen LogP contribution < -0.4 is 4.72 Å². The van der Waals surface area contributed by atoms with Crippen molar-refractivity contribution in [1.82, 2.24) is 0 Å². The zero-order chi connectivity index (χ0) is 22.6. The van der Waals surface area contributed by atoms with Gasteiger partial charge in [0.05, 0.1) is 34.9 Å². The fourth-order valence-electron chi connectivity index (χ4n) is 3.15. The van der Waals surface area contributed by atoms with E-state index in [2.05, 4.69) is 9.46 Å². The van der Waals surface area contributed by atoms with Crippen molar-refractivity contribution in [1.29, 1.82) is 5.26 Å². The zero-order valence-electron chi connectivity index (χ0n) is 16.8. The molecule has 31 heavy (non-hydrogen) atoms. The van der Waals surface area contributed by atoms with Crippen LogP contribution in [0.2, 0.25) is 0 Å². The molecule has 0 aliphatic heterocycles. The fraction of sp³-hybridized carbons (Fsp3) is 0.130. The van der Waals surface area contributed by atoms with E-state index in [0.717, 1.165) is 0 Å². The highest BCUT2D eigenvalue weighted by Gasteiger charge is 2.22. The molecule has 8 heteroatoms. The van der Waals surface area contributed by atoms with Gasteiger partial charge in [-0.15, -0.1) is 0 Å². The molecule has 1 N–H and O–H groups in total. The SMILES string of the molecule is CCc1ccc(C(=O)OC)cc1S(=O)(=O)Nc1cc(C#N)ccc1-c1cccc(F)c1. The number of rotatable bonds is 6. The molecule has 0 unspecified atom stereocenters. The molecular weight excluding hydrogens is 419 g/mol. The Balaban J connectivity index is 2.14. The molecule has 0 saturated heterocycles. The van der Waals surface area contributed by atoms with E-state index in [9.17, 15) is 22.9 Å². The molecule has 0 spiro atoms. The van der Waals surface area contributed by atoms with Crippen molar-refractivity contribution in [2.24, 2.45) is 0 Å². The van der Waals surface area contributed by atoms with Crippen LogP contribution in [-0.4, -0.2) is 21.5 Å². The highest BCUT2D eigenvalue weighted by Crippen LogP contribution is 2.32. The molecule has 0 aliphatic carbocycles. The molecule has 3 aromatic rings. The van der Waals surface area contributed by atoms with Gasteiger partial charge in [-0.3, -0.25) is 4.72 Å². The van der Waals surface area contributed by atoms with Crippen molar-refractivity contribution >= 4 is 21.7 Å². The summed E-state index contributed by atoms with van der Waals surface area (Å²) in [7, 11) is -2.94. The summed E-state index contributed by atoms with van der Waals surface area (Å²) in [5.74, 6) is -1.14. The summed E-state index contributed by atoms with van der Waals surface area (Å²) in [4.78, 5) is 11.8. The molecule has 0 aromatic heterocycles. The molecule has 0 amide bonds. The first-order chi connectivity index (χ1) is 14.8. The van der Waals surface area contributed by atoms with Crippen LogP contribution in [0, 0.1) is 17.1 Å². The van der Waals surface area contributed by atoms with Crippen LogP contribution >= 0.6 is 0 Å². The van der Waals surface area contributed by atoms with Crippen molar-refractivity contribution in [2.45, 2.75) is 18.2 Å². The molecule has 0 bridgehead atoms.